The van der Waals surface area contributed by atoms with Crippen LogP contribution in [0.4, 0.5) is 5.69 Å². The summed E-state index contributed by atoms with van der Waals surface area (Å²) in [5.74, 6) is -0.730. The lowest BCUT2D eigenvalue weighted by molar-refractivity contribution is -0.134. The highest BCUT2D eigenvalue weighted by Crippen LogP contribution is 2.30. The Hall–Kier alpha value is -2.62. The molecule has 2 aromatic rings. The molecule has 0 saturated heterocycles. The first-order chi connectivity index (χ1) is 11.5. The third kappa shape index (κ3) is 2.48. The maximum absolute atomic E-state index is 12.8. The van der Waals surface area contributed by atoms with E-state index in [-0.39, 0.29) is 5.91 Å². The summed E-state index contributed by atoms with van der Waals surface area (Å²) in [6, 6.07) is 13.3. The molecule has 2 aliphatic rings. The number of cyclic esters (lactones) is 1. The number of aryl methyl sites for hydroxylation is 2. The average molecular weight is 321 g/mol. The van der Waals surface area contributed by atoms with Gasteiger partial charge in [0.2, 0.25) is 0 Å². The van der Waals surface area contributed by atoms with Gasteiger partial charge in [-0.05, 0) is 61.1 Å². The standard InChI is InChI=1S/C20H19NO3/c1-20(12-15-5-2-3-8-17(15)18(22)24-20)19(23)21-16-10-9-13-6-4-7-14(13)11-16/h2-3,5,8-11H,4,6-7,12H2,1H3,(H,21,23)/t20-/m0/s1. The highest BCUT2D eigenvalue weighted by atomic mass is 16.6. The van der Waals surface area contributed by atoms with Crippen molar-refractivity contribution in [1.82, 2.24) is 0 Å². The first kappa shape index (κ1) is 14.9. The van der Waals surface area contributed by atoms with Crippen molar-refractivity contribution in [3.05, 3.63) is 64.7 Å². The predicted molar refractivity (Wildman–Crippen MR) is 91.1 cm³/mol. The van der Waals surface area contributed by atoms with Crippen LogP contribution in [0.2, 0.25) is 0 Å². The lowest BCUT2D eigenvalue weighted by Gasteiger charge is -2.33. The molecule has 0 unspecified atom stereocenters. The van der Waals surface area contributed by atoms with Crippen molar-refractivity contribution in [2.24, 2.45) is 0 Å². The third-order valence-corrected chi connectivity index (χ3v) is 4.92. The molecule has 1 N–H and O–H groups in total. The Labute approximate surface area is 140 Å². The molecule has 0 radical (unpaired) electrons. The molecule has 4 rings (SSSR count). The Balaban J connectivity index is 1.57. The minimum atomic E-state index is -1.19. The number of amides is 1. The van der Waals surface area contributed by atoms with Gasteiger partial charge in [0.25, 0.3) is 5.91 Å². The number of nitrogens with one attached hydrogen (secondary N) is 1. The predicted octanol–water partition coefficient (Wildman–Crippen LogP) is 3.29. The number of anilines is 1. The molecule has 1 aliphatic carbocycles. The van der Waals surface area contributed by atoms with Crippen molar-refractivity contribution in [1.29, 1.82) is 0 Å². The first-order valence-electron chi connectivity index (χ1n) is 8.30. The zero-order valence-corrected chi connectivity index (χ0v) is 13.6. The molecule has 24 heavy (non-hydrogen) atoms. The number of carbonyl (C=O) groups is 2. The zero-order valence-electron chi connectivity index (χ0n) is 13.6. The molecular formula is C20H19NO3. The van der Waals surface area contributed by atoms with Crippen molar-refractivity contribution in [3.8, 4) is 0 Å². The van der Waals surface area contributed by atoms with Gasteiger partial charge in [-0.25, -0.2) is 4.79 Å². The largest absolute Gasteiger partial charge is 0.445 e. The normalized spacial score (nSPS) is 21.6. The van der Waals surface area contributed by atoms with Crippen LogP contribution in [0.15, 0.2) is 42.5 Å². The van der Waals surface area contributed by atoms with E-state index in [2.05, 4.69) is 11.4 Å². The highest BCUT2D eigenvalue weighted by molar-refractivity contribution is 6.02. The fraction of sp³-hybridized carbons (Fsp3) is 0.300. The SMILES string of the molecule is C[C@@]1(C(=O)Nc2ccc3c(c2)CCC3)Cc2ccccc2C(=O)O1. The molecule has 1 heterocycles. The lowest BCUT2D eigenvalue weighted by atomic mass is 9.89. The van der Waals surface area contributed by atoms with Crippen LogP contribution in [0.3, 0.4) is 0 Å². The molecule has 2 aromatic carbocycles. The van der Waals surface area contributed by atoms with E-state index >= 15 is 0 Å². The number of fused-ring (bicyclic) bond motifs is 2. The Morgan fingerprint density at radius 3 is 2.75 bits per heavy atom. The van der Waals surface area contributed by atoms with Crippen molar-refractivity contribution in [2.45, 2.75) is 38.2 Å². The van der Waals surface area contributed by atoms with Crippen LogP contribution in [0.1, 0.15) is 40.4 Å². The van der Waals surface area contributed by atoms with Crippen molar-refractivity contribution in [2.75, 3.05) is 5.32 Å². The number of ether oxygens (including phenoxy) is 1. The Morgan fingerprint density at radius 1 is 1.08 bits per heavy atom. The fourth-order valence-corrected chi connectivity index (χ4v) is 3.57. The summed E-state index contributed by atoms with van der Waals surface area (Å²) in [6.45, 7) is 1.67. The second-order valence-corrected chi connectivity index (χ2v) is 6.75. The number of hydrogen-bond acceptors (Lipinski definition) is 3. The van der Waals surface area contributed by atoms with Crippen molar-refractivity contribution >= 4 is 17.6 Å². The van der Waals surface area contributed by atoms with E-state index in [1.807, 2.05) is 24.3 Å². The van der Waals surface area contributed by atoms with Crippen LogP contribution in [0.5, 0.6) is 0 Å². The molecule has 4 heteroatoms. The maximum Gasteiger partial charge on any atom is 0.339 e. The van der Waals surface area contributed by atoms with Gasteiger partial charge in [-0.2, -0.15) is 0 Å². The summed E-state index contributed by atoms with van der Waals surface area (Å²) >= 11 is 0. The van der Waals surface area contributed by atoms with Crippen LogP contribution in [0, 0.1) is 0 Å². The number of carbonyl (C=O) groups excluding carboxylic acids is 2. The topological polar surface area (TPSA) is 55.4 Å². The van der Waals surface area contributed by atoms with E-state index in [9.17, 15) is 9.59 Å². The Kier molecular flexibility index (Phi) is 3.41. The zero-order chi connectivity index (χ0) is 16.7. The molecule has 122 valence electrons. The molecule has 4 nitrogen and oxygen atoms in total. The number of rotatable bonds is 2. The van der Waals surface area contributed by atoms with Gasteiger partial charge in [-0.15, -0.1) is 0 Å². The molecule has 0 spiro atoms. The molecular weight excluding hydrogens is 302 g/mol. The van der Waals surface area contributed by atoms with E-state index in [0.717, 1.165) is 24.1 Å². The number of esters is 1. The van der Waals surface area contributed by atoms with E-state index in [4.69, 9.17) is 4.74 Å². The second kappa shape index (κ2) is 5.48. The van der Waals surface area contributed by atoms with Crippen LogP contribution in [-0.4, -0.2) is 17.5 Å². The van der Waals surface area contributed by atoms with Gasteiger partial charge < -0.3 is 10.1 Å². The first-order valence-corrected chi connectivity index (χ1v) is 8.30. The summed E-state index contributed by atoms with van der Waals surface area (Å²) in [4.78, 5) is 25.0. The fourth-order valence-electron chi connectivity index (χ4n) is 3.57. The van der Waals surface area contributed by atoms with Crippen LogP contribution in [0.25, 0.3) is 0 Å². The highest BCUT2D eigenvalue weighted by Gasteiger charge is 2.42. The molecule has 0 saturated carbocycles. The Bertz CT molecular complexity index is 843. The van der Waals surface area contributed by atoms with Gasteiger partial charge in [-0.1, -0.05) is 24.3 Å². The summed E-state index contributed by atoms with van der Waals surface area (Å²) in [5, 5.41) is 2.92. The van der Waals surface area contributed by atoms with Crippen molar-refractivity contribution in [3.63, 3.8) is 0 Å². The second-order valence-electron chi connectivity index (χ2n) is 6.75. The van der Waals surface area contributed by atoms with Gasteiger partial charge in [0.15, 0.2) is 5.60 Å². The number of benzene rings is 2. The Morgan fingerprint density at radius 2 is 1.88 bits per heavy atom. The average Bonchev–Trinajstić information content (AvgIpc) is 3.02. The maximum atomic E-state index is 12.8. The molecule has 0 bridgehead atoms. The van der Waals surface area contributed by atoms with E-state index < -0.39 is 11.6 Å². The van der Waals surface area contributed by atoms with Crippen LogP contribution in [-0.2, 0) is 28.8 Å². The van der Waals surface area contributed by atoms with Gasteiger partial charge in [0, 0.05) is 12.1 Å². The molecule has 1 atom stereocenters. The molecule has 0 aromatic heterocycles. The molecule has 1 amide bonds. The summed E-state index contributed by atoms with van der Waals surface area (Å²) in [5.41, 5.74) is 3.61. The lowest BCUT2D eigenvalue weighted by Crippen LogP contribution is -2.48. The van der Waals surface area contributed by atoms with E-state index in [0.29, 0.717) is 12.0 Å². The summed E-state index contributed by atoms with van der Waals surface area (Å²) in [6.07, 6.45) is 3.71. The van der Waals surface area contributed by atoms with E-state index in [1.165, 1.54) is 17.5 Å². The van der Waals surface area contributed by atoms with Gasteiger partial charge >= 0.3 is 5.97 Å². The molecule has 0 fully saturated rings. The smallest absolute Gasteiger partial charge is 0.339 e. The van der Waals surface area contributed by atoms with E-state index in [1.54, 1.807) is 19.1 Å². The van der Waals surface area contributed by atoms with Gasteiger partial charge in [0.05, 0.1) is 5.56 Å². The summed E-state index contributed by atoms with van der Waals surface area (Å²) in [7, 11) is 0. The monoisotopic (exact) mass is 321 g/mol. The third-order valence-electron chi connectivity index (χ3n) is 4.92. The van der Waals surface area contributed by atoms with Crippen LogP contribution >= 0.6 is 0 Å². The molecule has 1 aliphatic heterocycles. The van der Waals surface area contributed by atoms with Gasteiger partial charge in [0.1, 0.15) is 0 Å². The van der Waals surface area contributed by atoms with Gasteiger partial charge in [-0.3, -0.25) is 4.79 Å². The minimum Gasteiger partial charge on any atom is -0.445 e. The quantitative estimate of drug-likeness (QED) is 0.864. The minimum absolute atomic E-state index is 0.289. The van der Waals surface area contributed by atoms with Crippen molar-refractivity contribution < 1.29 is 14.3 Å². The summed E-state index contributed by atoms with van der Waals surface area (Å²) < 4.78 is 5.48. The number of hydrogen-bond donors (Lipinski definition) is 1. The van der Waals surface area contributed by atoms with Crippen LogP contribution < -0.4 is 5.32 Å².